The SMILES string of the molecule is C=C(CC)CC(O)C(c1ccccc1)c1ccccc1. The zero-order chi connectivity index (χ0) is 14.4. The molecule has 2 rings (SSSR count). The first-order chi connectivity index (χ1) is 9.72. The lowest BCUT2D eigenvalue weighted by Gasteiger charge is -2.24. The molecular formula is C19H22O. The van der Waals surface area contributed by atoms with Gasteiger partial charge in [-0.05, 0) is 24.0 Å². The van der Waals surface area contributed by atoms with Gasteiger partial charge in [0, 0.05) is 5.92 Å². The van der Waals surface area contributed by atoms with E-state index in [9.17, 15) is 5.11 Å². The Morgan fingerprint density at radius 2 is 1.40 bits per heavy atom. The minimum atomic E-state index is -0.438. The molecule has 1 nitrogen and oxygen atoms in total. The van der Waals surface area contributed by atoms with Crippen LogP contribution in [-0.4, -0.2) is 11.2 Å². The first-order valence-electron chi connectivity index (χ1n) is 7.17. The molecule has 0 saturated carbocycles. The number of benzene rings is 2. The molecule has 0 bridgehead atoms. The Morgan fingerprint density at radius 3 is 1.80 bits per heavy atom. The number of aliphatic hydroxyl groups is 1. The van der Waals surface area contributed by atoms with E-state index in [1.54, 1.807) is 0 Å². The van der Waals surface area contributed by atoms with Crippen molar-refractivity contribution >= 4 is 0 Å². The maximum absolute atomic E-state index is 10.7. The second kappa shape index (κ2) is 7.06. The minimum Gasteiger partial charge on any atom is -0.392 e. The highest BCUT2D eigenvalue weighted by Gasteiger charge is 2.23. The van der Waals surface area contributed by atoms with Crippen LogP contribution in [0.25, 0.3) is 0 Å². The average Bonchev–Trinajstić information content (AvgIpc) is 2.49. The van der Waals surface area contributed by atoms with E-state index in [-0.39, 0.29) is 5.92 Å². The first-order valence-corrected chi connectivity index (χ1v) is 7.17. The molecule has 1 unspecified atom stereocenters. The van der Waals surface area contributed by atoms with Crippen LogP contribution in [-0.2, 0) is 0 Å². The average molecular weight is 266 g/mol. The number of aliphatic hydroxyl groups excluding tert-OH is 1. The van der Waals surface area contributed by atoms with Crippen molar-refractivity contribution in [3.05, 3.63) is 83.9 Å². The van der Waals surface area contributed by atoms with Crippen molar-refractivity contribution in [3.8, 4) is 0 Å². The van der Waals surface area contributed by atoms with Gasteiger partial charge in [-0.25, -0.2) is 0 Å². The fourth-order valence-electron chi connectivity index (χ4n) is 2.52. The van der Waals surface area contributed by atoms with Crippen LogP contribution in [0.4, 0.5) is 0 Å². The molecule has 0 aromatic heterocycles. The molecule has 1 heteroatoms. The molecule has 0 radical (unpaired) electrons. The van der Waals surface area contributed by atoms with Crippen LogP contribution in [0.1, 0.15) is 36.8 Å². The summed E-state index contributed by atoms with van der Waals surface area (Å²) in [5.41, 5.74) is 3.39. The smallest absolute Gasteiger partial charge is 0.0686 e. The molecule has 1 atom stereocenters. The molecule has 0 saturated heterocycles. The van der Waals surface area contributed by atoms with Crippen LogP contribution in [0.3, 0.4) is 0 Å². The standard InChI is InChI=1S/C19H22O/c1-3-15(2)14-18(20)19(16-10-6-4-7-11-16)17-12-8-5-9-13-17/h4-13,18-20H,2-3,14H2,1H3. The molecule has 0 aliphatic rings. The van der Waals surface area contributed by atoms with Gasteiger partial charge in [-0.15, -0.1) is 0 Å². The van der Waals surface area contributed by atoms with Crippen molar-refractivity contribution in [1.82, 2.24) is 0 Å². The van der Waals surface area contributed by atoms with Crippen molar-refractivity contribution in [2.45, 2.75) is 31.8 Å². The Labute approximate surface area is 121 Å². The number of hydrogen-bond donors (Lipinski definition) is 1. The summed E-state index contributed by atoms with van der Waals surface area (Å²) in [5.74, 6) is 0.000648. The summed E-state index contributed by atoms with van der Waals surface area (Å²) >= 11 is 0. The second-order valence-corrected chi connectivity index (χ2v) is 5.17. The highest BCUT2D eigenvalue weighted by atomic mass is 16.3. The molecule has 0 aliphatic heterocycles. The molecule has 2 aromatic carbocycles. The normalized spacial score (nSPS) is 12.3. The number of rotatable bonds is 6. The molecule has 0 amide bonds. The molecule has 0 heterocycles. The minimum absolute atomic E-state index is 0.000648. The second-order valence-electron chi connectivity index (χ2n) is 5.17. The van der Waals surface area contributed by atoms with E-state index in [0.29, 0.717) is 6.42 Å². The highest BCUT2D eigenvalue weighted by molar-refractivity contribution is 5.34. The Morgan fingerprint density at radius 1 is 0.950 bits per heavy atom. The van der Waals surface area contributed by atoms with E-state index in [0.717, 1.165) is 23.1 Å². The predicted octanol–water partition coefficient (Wildman–Crippen LogP) is 4.54. The van der Waals surface area contributed by atoms with Gasteiger partial charge in [0.1, 0.15) is 0 Å². The van der Waals surface area contributed by atoms with Crippen LogP contribution in [0.5, 0.6) is 0 Å². The summed E-state index contributed by atoms with van der Waals surface area (Å²) in [5, 5.41) is 10.7. The summed E-state index contributed by atoms with van der Waals surface area (Å²) in [4.78, 5) is 0. The van der Waals surface area contributed by atoms with Crippen LogP contribution >= 0.6 is 0 Å². The summed E-state index contributed by atoms with van der Waals surface area (Å²) < 4.78 is 0. The van der Waals surface area contributed by atoms with Crippen LogP contribution in [0.2, 0.25) is 0 Å². The molecule has 20 heavy (non-hydrogen) atoms. The van der Waals surface area contributed by atoms with E-state index in [1.165, 1.54) is 0 Å². The molecule has 1 N–H and O–H groups in total. The predicted molar refractivity (Wildman–Crippen MR) is 84.8 cm³/mol. The largest absolute Gasteiger partial charge is 0.392 e. The van der Waals surface area contributed by atoms with Crippen molar-refractivity contribution in [2.75, 3.05) is 0 Å². The Bertz CT molecular complexity index is 491. The lowest BCUT2D eigenvalue weighted by atomic mass is 9.84. The maximum atomic E-state index is 10.7. The molecular weight excluding hydrogens is 244 g/mol. The Kier molecular flexibility index (Phi) is 5.14. The van der Waals surface area contributed by atoms with Gasteiger partial charge >= 0.3 is 0 Å². The van der Waals surface area contributed by atoms with Crippen molar-refractivity contribution in [1.29, 1.82) is 0 Å². The van der Waals surface area contributed by atoms with Crippen LogP contribution in [0, 0.1) is 0 Å². The van der Waals surface area contributed by atoms with Gasteiger partial charge in [-0.2, -0.15) is 0 Å². The summed E-state index contributed by atoms with van der Waals surface area (Å²) in [7, 11) is 0. The quantitative estimate of drug-likeness (QED) is 0.761. The van der Waals surface area contributed by atoms with E-state index >= 15 is 0 Å². The van der Waals surface area contributed by atoms with Gasteiger partial charge in [0.05, 0.1) is 6.10 Å². The molecule has 0 fully saturated rings. The number of hydrogen-bond acceptors (Lipinski definition) is 1. The zero-order valence-corrected chi connectivity index (χ0v) is 12.0. The van der Waals surface area contributed by atoms with Gasteiger partial charge in [0.25, 0.3) is 0 Å². The fraction of sp³-hybridized carbons (Fsp3) is 0.263. The lowest BCUT2D eigenvalue weighted by molar-refractivity contribution is 0.156. The third-order valence-electron chi connectivity index (χ3n) is 3.70. The Hall–Kier alpha value is -1.86. The third kappa shape index (κ3) is 3.58. The van der Waals surface area contributed by atoms with Crippen molar-refractivity contribution < 1.29 is 5.11 Å². The van der Waals surface area contributed by atoms with Crippen LogP contribution < -0.4 is 0 Å². The van der Waals surface area contributed by atoms with Crippen molar-refractivity contribution in [2.24, 2.45) is 0 Å². The molecule has 2 aromatic rings. The lowest BCUT2D eigenvalue weighted by Crippen LogP contribution is -2.20. The molecule has 104 valence electrons. The van der Waals surface area contributed by atoms with Gasteiger partial charge < -0.3 is 5.11 Å². The maximum Gasteiger partial charge on any atom is 0.0686 e. The summed E-state index contributed by atoms with van der Waals surface area (Å²) in [6.07, 6.45) is 1.12. The zero-order valence-electron chi connectivity index (χ0n) is 12.0. The first kappa shape index (κ1) is 14.5. The monoisotopic (exact) mass is 266 g/mol. The van der Waals surface area contributed by atoms with Gasteiger partial charge in [0.2, 0.25) is 0 Å². The highest BCUT2D eigenvalue weighted by Crippen LogP contribution is 2.31. The summed E-state index contributed by atoms with van der Waals surface area (Å²) in [6.45, 7) is 6.10. The van der Waals surface area contributed by atoms with Crippen LogP contribution in [0.15, 0.2) is 72.8 Å². The summed E-state index contributed by atoms with van der Waals surface area (Å²) in [6, 6.07) is 20.4. The topological polar surface area (TPSA) is 20.2 Å². The Balaban J connectivity index is 2.32. The van der Waals surface area contributed by atoms with Crippen molar-refractivity contribution in [3.63, 3.8) is 0 Å². The van der Waals surface area contributed by atoms with Gasteiger partial charge in [-0.1, -0.05) is 79.7 Å². The van der Waals surface area contributed by atoms with Gasteiger partial charge in [0.15, 0.2) is 0 Å². The van der Waals surface area contributed by atoms with Gasteiger partial charge in [-0.3, -0.25) is 0 Å². The van der Waals surface area contributed by atoms with E-state index in [2.05, 4.69) is 37.8 Å². The fourth-order valence-corrected chi connectivity index (χ4v) is 2.52. The van der Waals surface area contributed by atoms with E-state index in [4.69, 9.17) is 0 Å². The molecule has 0 spiro atoms. The molecule has 0 aliphatic carbocycles. The third-order valence-corrected chi connectivity index (χ3v) is 3.70. The van der Waals surface area contributed by atoms with E-state index < -0.39 is 6.10 Å². The van der Waals surface area contributed by atoms with E-state index in [1.807, 2.05) is 36.4 Å².